The van der Waals surface area contributed by atoms with Gasteiger partial charge in [-0.1, -0.05) is 72.8 Å². The van der Waals surface area contributed by atoms with Crippen molar-refractivity contribution in [1.82, 2.24) is 0 Å². The molecule has 1 heterocycles. The normalized spacial score (nSPS) is 13.0. The predicted octanol–water partition coefficient (Wildman–Crippen LogP) is 4.57. The third kappa shape index (κ3) is 2.29. The number of hydrogen-bond donors (Lipinski definition) is 1. The molecule has 0 aromatic heterocycles. The minimum absolute atomic E-state index is 0.632. The lowest BCUT2D eigenvalue weighted by Crippen LogP contribution is -2.16. The lowest BCUT2D eigenvalue weighted by Gasteiger charge is -2.18. The molecule has 3 aromatic carbocycles. The number of aliphatic imine (C=N–C) groups is 1. The zero-order valence-electron chi connectivity index (χ0n) is 12.2. The van der Waals surface area contributed by atoms with Gasteiger partial charge in [0.15, 0.2) is 0 Å². The van der Waals surface area contributed by atoms with Gasteiger partial charge in [-0.2, -0.15) is 0 Å². The number of nitrogens with zero attached hydrogens (tertiary/aromatic N) is 1. The van der Waals surface area contributed by atoms with Gasteiger partial charge in [-0.3, -0.25) is 4.99 Å². The molecule has 3 aromatic rings. The molecule has 2 nitrogen and oxygen atoms in total. The van der Waals surface area contributed by atoms with Crippen molar-refractivity contribution < 1.29 is 0 Å². The molecule has 0 radical (unpaired) electrons. The number of hydrogen-bond acceptors (Lipinski definition) is 2. The summed E-state index contributed by atoms with van der Waals surface area (Å²) in [6.07, 6.45) is 0. The third-order valence-corrected chi connectivity index (χ3v) is 3.95. The lowest BCUT2D eigenvalue weighted by molar-refractivity contribution is 1.11. The lowest BCUT2D eigenvalue weighted by atomic mass is 9.97. The number of anilines is 1. The van der Waals surface area contributed by atoms with Gasteiger partial charge in [-0.05, 0) is 17.2 Å². The molecule has 0 spiro atoms. The maximum absolute atomic E-state index is 4.65. The zero-order chi connectivity index (χ0) is 14.8. The van der Waals surface area contributed by atoms with E-state index in [0.717, 1.165) is 17.0 Å². The van der Waals surface area contributed by atoms with E-state index < -0.39 is 0 Å². The Kier molecular flexibility index (Phi) is 3.20. The highest BCUT2D eigenvalue weighted by Crippen LogP contribution is 2.25. The minimum atomic E-state index is 0.632. The van der Waals surface area contributed by atoms with E-state index in [2.05, 4.69) is 77.0 Å². The zero-order valence-corrected chi connectivity index (χ0v) is 12.2. The van der Waals surface area contributed by atoms with Crippen LogP contribution in [0.1, 0.15) is 11.1 Å². The summed E-state index contributed by atoms with van der Waals surface area (Å²) < 4.78 is 0. The first-order valence-corrected chi connectivity index (χ1v) is 7.45. The van der Waals surface area contributed by atoms with Crippen molar-refractivity contribution in [2.45, 2.75) is 0 Å². The van der Waals surface area contributed by atoms with E-state index in [1.807, 2.05) is 12.1 Å². The largest absolute Gasteiger partial charge is 0.366 e. The topological polar surface area (TPSA) is 24.4 Å². The van der Waals surface area contributed by atoms with E-state index in [1.165, 1.54) is 16.7 Å². The molecular formula is C20H16N2. The molecule has 1 aliphatic heterocycles. The SMILES string of the molecule is c1ccc(-c2ccc(C3=NCNc4ccccc43)cc2)cc1. The summed E-state index contributed by atoms with van der Waals surface area (Å²) in [7, 11) is 0. The molecule has 0 amide bonds. The second kappa shape index (κ2) is 5.49. The molecule has 0 saturated carbocycles. The predicted molar refractivity (Wildman–Crippen MR) is 92.4 cm³/mol. The van der Waals surface area contributed by atoms with Crippen LogP contribution >= 0.6 is 0 Å². The van der Waals surface area contributed by atoms with Crippen LogP contribution in [0.2, 0.25) is 0 Å². The van der Waals surface area contributed by atoms with Crippen LogP contribution in [-0.2, 0) is 0 Å². The van der Waals surface area contributed by atoms with Gasteiger partial charge in [0.25, 0.3) is 0 Å². The molecule has 0 fully saturated rings. The Balaban J connectivity index is 1.71. The standard InChI is InChI=1S/C20H16N2/c1-2-6-15(7-3-1)16-10-12-17(13-11-16)20-18-8-4-5-9-19(18)21-14-22-20/h1-13,21H,14H2. The average Bonchev–Trinajstić information content (AvgIpc) is 2.62. The van der Waals surface area contributed by atoms with Gasteiger partial charge >= 0.3 is 0 Å². The average molecular weight is 284 g/mol. The summed E-state index contributed by atoms with van der Waals surface area (Å²) in [6, 6.07) is 27.4. The van der Waals surface area contributed by atoms with Gasteiger partial charge in [-0.25, -0.2) is 0 Å². The van der Waals surface area contributed by atoms with E-state index in [4.69, 9.17) is 0 Å². The van der Waals surface area contributed by atoms with Crippen LogP contribution in [0.4, 0.5) is 5.69 Å². The van der Waals surface area contributed by atoms with E-state index in [1.54, 1.807) is 0 Å². The summed E-state index contributed by atoms with van der Waals surface area (Å²) in [4.78, 5) is 4.65. The minimum Gasteiger partial charge on any atom is -0.366 e. The fraction of sp³-hybridized carbons (Fsp3) is 0.0500. The van der Waals surface area contributed by atoms with Crippen molar-refractivity contribution in [2.75, 3.05) is 12.0 Å². The van der Waals surface area contributed by atoms with Gasteiger partial charge in [0.2, 0.25) is 0 Å². The number of rotatable bonds is 2. The molecule has 22 heavy (non-hydrogen) atoms. The monoisotopic (exact) mass is 284 g/mol. The Hall–Kier alpha value is -2.87. The van der Waals surface area contributed by atoms with Crippen molar-refractivity contribution >= 4 is 11.4 Å². The summed E-state index contributed by atoms with van der Waals surface area (Å²) >= 11 is 0. The maximum atomic E-state index is 4.65. The van der Waals surface area contributed by atoms with Crippen molar-refractivity contribution in [3.63, 3.8) is 0 Å². The first-order chi connectivity index (χ1) is 10.9. The Morgan fingerprint density at radius 1 is 0.636 bits per heavy atom. The highest BCUT2D eigenvalue weighted by molar-refractivity contribution is 6.16. The van der Waals surface area contributed by atoms with Crippen LogP contribution in [0.5, 0.6) is 0 Å². The first kappa shape index (κ1) is 12.8. The van der Waals surface area contributed by atoms with E-state index in [-0.39, 0.29) is 0 Å². The van der Waals surface area contributed by atoms with Crippen LogP contribution in [0.25, 0.3) is 11.1 Å². The molecule has 1 aliphatic rings. The van der Waals surface area contributed by atoms with E-state index in [0.29, 0.717) is 6.67 Å². The third-order valence-electron chi connectivity index (χ3n) is 3.95. The summed E-state index contributed by atoms with van der Waals surface area (Å²) in [5.41, 5.74) is 7.01. The van der Waals surface area contributed by atoms with Gasteiger partial charge in [0.05, 0.1) is 5.71 Å². The van der Waals surface area contributed by atoms with Crippen LogP contribution in [0.15, 0.2) is 83.9 Å². The smallest absolute Gasteiger partial charge is 0.108 e. The first-order valence-electron chi connectivity index (χ1n) is 7.45. The Labute approximate surface area is 130 Å². The van der Waals surface area contributed by atoms with Crippen molar-refractivity contribution in [3.05, 3.63) is 90.0 Å². The molecule has 1 N–H and O–H groups in total. The number of benzene rings is 3. The summed E-state index contributed by atoms with van der Waals surface area (Å²) in [6.45, 7) is 0.632. The Morgan fingerprint density at radius 3 is 2.09 bits per heavy atom. The molecule has 106 valence electrons. The quantitative estimate of drug-likeness (QED) is 0.732. The van der Waals surface area contributed by atoms with Gasteiger partial charge in [-0.15, -0.1) is 0 Å². The second-order valence-corrected chi connectivity index (χ2v) is 5.33. The Bertz CT molecular complexity index is 818. The fourth-order valence-corrected chi connectivity index (χ4v) is 2.83. The molecule has 0 atom stereocenters. The van der Waals surface area contributed by atoms with Gasteiger partial charge in [0, 0.05) is 16.8 Å². The van der Waals surface area contributed by atoms with Crippen LogP contribution in [0.3, 0.4) is 0 Å². The second-order valence-electron chi connectivity index (χ2n) is 5.33. The molecule has 2 heteroatoms. The van der Waals surface area contributed by atoms with Crippen LogP contribution in [-0.4, -0.2) is 12.4 Å². The maximum Gasteiger partial charge on any atom is 0.108 e. The molecule has 0 unspecified atom stereocenters. The summed E-state index contributed by atoms with van der Waals surface area (Å²) in [5, 5.41) is 3.31. The van der Waals surface area contributed by atoms with Gasteiger partial charge < -0.3 is 5.32 Å². The van der Waals surface area contributed by atoms with Crippen LogP contribution < -0.4 is 5.32 Å². The van der Waals surface area contributed by atoms with Gasteiger partial charge in [0.1, 0.15) is 6.67 Å². The fourth-order valence-electron chi connectivity index (χ4n) is 2.83. The van der Waals surface area contributed by atoms with Crippen LogP contribution in [0, 0.1) is 0 Å². The van der Waals surface area contributed by atoms with Crippen molar-refractivity contribution in [2.24, 2.45) is 4.99 Å². The highest BCUT2D eigenvalue weighted by atomic mass is 15.0. The number of para-hydroxylation sites is 1. The highest BCUT2D eigenvalue weighted by Gasteiger charge is 2.14. The summed E-state index contributed by atoms with van der Waals surface area (Å²) in [5.74, 6) is 0. The van der Waals surface area contributed by atoms with E-state index >= 15 is 0 Å². The van der Waals surface area contributed by atoms with Crippen molar-refractivity contribution in [1.29, 1.82) is 0 Å². The number of nitrogens with one attached hydrogen (secondary N) is 1. The molecule has 0 bridgehead atoms. The molecule has 4 rings (SSSR count). The van der Waals surface area contributed by atoms with E-state index in [9.17, 15) is 0 Å². The number of fused-ring (bicyclic) bond motifs is 1. The molecule has 0 aliphatic carbocycles. The van der Waals surface area contributed by atoms with Crippen molar-refractivity contribution in [3.8, 4) is 11.1 Å². The Morgan fingerprint density at radius 2 is 1.27 bits per heavy atom. The molecular weight excluding hydrogens is 268 g/mol. The molecule has 0 saturated heterocycles.